The summed E-state index contributed by atoms with van der Waals surface area (Å²) < 4.78 is 17.0. The molecule has 538 valence electrons. The third-order valence-corrected chi connectivity index (χ3v) is 18.3. The lowest BCUT2D eigenvalue weighted by Gasteiger charge is -2.28. The van der Waals surface area contributed by atoms with Crippen LogP contribution in [0.15, 0.2) is 128 Å². The molecule has 6 aromatic heterocycles. The Morgan fingerprint density at radius 3 is 1.23 bits per heavy atom. The number of nitrogens with zero attached hydrogens (tertiary/aromatic N) is 10. The van der Waals surface area contributed by atoms with Crippen molar-refractivity contribution in [3.05, 3.63) is 195 Å². The molecule has 1 unspecified atom stereocenters. The number of carbonyl (C=O) groups is 8. The highest BCUT2D eigenvalue weighted by molar-refractivity contribution is 6.06. The van der Waals surface area contributed by atoms with Crippen molar-refractivity contribution >= 4 is 105 Å². The first-order valence-corrected chi connectivity index (χ1v) is 33.7. The number of carboxylic acid groups (broad SMARTS) is 2. The van der Waals surface area contributed by atoms with Gasteiger partial charge >= 0.3 is 35.9 Å². The summed E-state index contributed by atoms with van der Waals surface area (Å²) in [5, 5.41) is 24.8. The molecule has 102 heavy (non-hydrogen) atoms. The molecule has 6 amide bonds. The number of aromatic nitrogens is 6. The van der Waals surface area contributed by atoms with Crippen molar-refractivity contribution in [1.82, 2.24) is 53.6 Å². The largest absolute Gasteiger partial charge is 0.481 e. The number of fused-ring (bicyclic) bond motifs is 11. The molecule has 5 aliphatic heterocycles. The van der Waals surface area contributed by atoms with Crippen LogP contribution < -0.4 is 11.1 Å². The number of nitrogens with one attached hydrogen (secondary N) is 1. The van der Waals surface area contributed by atoms with Crippen LogP contribution in [0.5, 0.6) is 0 Å². The van der Waals surface area contributed by atoms with Gasteiger partial charge in [-0.2, -0.15) is 0 Å². The van der Waals surface area contributed by atoms with Gasteiger partial charge in [0, 0.05) is 151 Å². The number of ether oxygens (including phenoxy) is 2. The van der Waals surface area contributed by atoms with Gasteiger partial charge in [0.25, 0.3) is 11.8 Å². The van der Waals surface area contributed by atoms with Gasteiger partial charge in [0.2, 0.25) is 0 Å². The average Bonchev–Trinajstić information content (AvgIpc) is 1.58. The van der Waals surface area contributed by atoms with E-state index in [0.717, 1.165) is 106 Å². The molecule has 3 atom stereocenters. The molecular weight excluding hydrogens is 1340 g/mol. The minimum Gasteiger partial charge on any atom is -0.481 e. The lowest BCUT2D eigenvalue weighted by molar-refractivity contribution is -0.156. The summed E-state index contributed by atoms with van der Waals surface area (Å²) in [7, 11) is 0. The summed E-state index contributed by atoms with van der Waals surface area (Å²) in [5.41, 5.74) is 20.2. The van der Waals surface area contributed by atoms with E-state index in [1.807, 2.05) is 121 Å². The predicted molar refractivity (Wildman–Crippen MR) is 389 cm³/mol. The molecular formula is C76H88Cl2N12O12. The molecule has 0 radical (unpaired) electrons. The minimum absolute atomic E-state index is 0. The third-order valence-electron chi connectivity index (χ3n) is 18.3. The number of pyridine rings is 3. The Bertz CT molecular complexity index is 4610. The van der Waals surface area contributed by atoms with Crippen molar-refractivity contribution < 1.29 is 58.0 Å². The lowest BCUT2D eigenvalue weighted by atomic mass is 9.97. The van der Waals surface area contributed by atoms with Gasteiger partial charge in [0.1, 0.15) is 29.3 Å². The smallest absolute Gasteiger partial charge is 0.327 e. The van der Waals surface area contributed by atoms with Crippen molar-refractivity contribution in [1.29, 1.82) is 0 Å². The van der Waals surface area contributed by atoms with Crippen LogP contribution in [0.1, 0.15) is 128 Å². The van der Waals surface area contributed by atoms with Crippen LogP contribution in [0.4, 0.5) is 9.59 Å². The molecule has 0 saturated carbocycles. The molecule has 11 heterocycles. The molecule has 0 aliphatic carbocycles. The van der Waals surface area contributed by atoms with Crippen molar-refractivity contribution in [3.63, 3.8) is 0 Å². The normalized spacial score (nSPS) is 16.6. The molecule has 0 bridgehead atoms. The van der Waals surface area contributed by atoms with Gasteiger partial charge in [0.05, 0.1) is 32.4 Å². The molecule has 14 rings (SSSR count). The van der Waals surface area contributed by atoms with Crippen molar-refractivity contribution in [2.45, 2.75) is 169 Å². The van der Waals surface area contributed by atoms with Gasteiger partial charge in [-0.15, -0.1) is 24.8 Å². The van der Waals surface area contributed by atoms with Gasteiger partial charge in [-0.3, -0.25) is 58.8 Å². The highest BCUT2D eigenvalue weighted by atomic mass is 35.5. The van der Waals surface area contributed by atoms with Crippen LogP contribution in [-0.2, 0) is 96.8 Å². The Hall–Kier alpha value is -10.0. The minimum atomic E-state index is -1.03. The Labute approximate surface area is 604 Å². The van der Waals surface area contributed by atoms with E-state index in [1.165, 1.54) is 10.6 Å². The first kappa shape index (κ1) is 76.2. The zero-order valence-corrected chi connectivity index (χ0v) is 60.4. The van der Waals surface area contributed by atoms with Crippen molar-refractivity contribution in [2.24, 2.45) is 5.73 Å². The van der Waals surface area contributed by atoms with E-state index in [4.69, 9.17) is 20.3 Å². The van der Waals surface area contributed by atoms with Crippen molar-refractivity contribution in [2.75, 3.05) is 19.6 Å². The SMILES string of the molecule is CC(C)(C)OC(=O)CCN.Cc1ccc(Cn2c3c(c4ccccc42)CC(C(=O)O)NC3)cn1.Cc1ccc(Cn2c3c(c4ccccc42)C[C@H]2C(=O)N(CCC(=O)O)C(=O)N2C3)cn1.Cc1ccc(Cn2c3c(c4ccccc42)C[C@H]2C(=O)N(CCC(=O)OC(C)(C)C)C(=O)N2C3)cn1.Cl.Cl. The van der Waals surface area contributed by atoms with Gasteiger partial charge < -0.3 is 48.9 Å². The number of urea groups is 2. The summed E-state index contributed by atoms with van der Waals surface area (Å²) >= 11 is 0. The molecule has 3 aromatic carbocycles. The van der Waals surface area contributed by atoms with E-state index in [0.29, 0.717) is 65.0 Å². The average molecular weight is 1430 g/mol. The predicted octanol–water partition coefficient (Wildman–Crippen LogP) is 10.4. The molecule has 9 aromatic rings. The fourth-order valence-electron chi connectivity index (χ4n) is 13.6. The fourth-order valence-corrected chi connectivity index (χ4v) is 13.6. The van der Waals surface area contributed by atoms with E-state index in [1.54, 1.807) is 30.6 Å². The first-order chi connectivity index (χ1) is 47.6. The second-order valence-electron chi connectivity index (χ2n) is 27.8. The number of aryl methyl sites for hydroxylation is 3. The number of carboxylic acids is 2. The summed E-state index contributed by atoms with van der Waals surface area (Å²) in [6, 6.07) is 34.3. The van der Waals surface area contributed by atoms with Gasteiger partial charge in [-0.1, -0.05) is 72.8 Å². The summed E-state index contributed by atoms with van der Waals surface area (Å²) in [5.74, 6) is -3.02. The number of imide groups is 2. The fraction of sp³-hybridized carbons (Fsp3) is 0.382. The number of aliphatic carboxylic acids is 2. The second-order valence-corrected chi connectivity index (χ2v) is 27.8. The Morgan fingerprint density at radius 2 is 0.873 bits per heavy atom. The van der Waals surface area contributed by atoms with E-state index in [9.17, 15) is 43.5 Å². The van der Waals surface area contributed by atoms with Crippen LogP contribution in [-0.4, -0.2) is 155 Å². The number of rotatable bonds is 15. The number of amides is 6. The number of carbonyl (C=O) groups excluding carboxylic acids is 6. The number of nitrogens with two attached hydrogens (primary N) is 1. The third kappa shape index (κ3) is 17.0. The van der Waals surface area contributed by atoms with E-state index < -0.39 is 47.7 Å². The molecule has 0 spiro atoms. The Balaban J connectivity index is 0.000000167. The van der Waals surface area contributed by atoms with Gasteiger partial charge in [-0.05, 0) is 132 Å². The van der Waals surface area contributed by atoms with Crippen LogP contribution in [0.2, 0.25) is 0 Å². The number of para-hydroxylation sites is 3. The highest BCUT2D eigenvalue weighted by Gasteiger charge is 2.50. The lowest BCUT2D eigenvalue weighted by Crippen LogP contribution is -2.42. The molecule has 5 N–H and O–H groups in total. The molecule has 24 nitrogen and oxygen atoms in total. The topological polar surface area (TPSA) is 300 Å². The summed E-state index contributed by atoms with van der Waals surface area (Å²) in [6.45, 7) is 20.3. The number of esters is 2. The van der Waals surface area contributed by atoms with Crippen LogP contribution in [0, 0.1) is 20.8 Å². The van der Waals surface area contributed by atoms with Gasteiger partial charge in [-0.25, -0.2) is 9.59 Å². The number of halogens is 2. The molecule has 5 aliphatic rings. The Morgan fingerprint density at radius 1 is 0.510 bits per heavy atom. The maximum absolute atomic E-state index is 13.2. The number of hydrogen-bond acceptors (Lipinski definition) is 15. The maximum Gasteiger partial charge on any atom is 0.327 e. The standard InChI is InChI=1S/C27H30N4O4.C23H22N4O4.C19H19N3O2.C7H15NO2.2ClH/c1-17-9-10-18(14-28-17)15-30-21-8-6-5-7-19(21)20-13-22-25(33)29(26(34)31(22)16-23(20)30)12-11-24(32)35-27(2,3)4;1-14-6-7-15(11-24-14)12-26-18-5-3-2-4-16(18)17-10-19-22(30)25(9-8-21(28)29)23(31)27(19)13-20(17)26;1-12-6-7-13(9-20-12)11-22-17-5-3-2-4-14(17)15-8-16(19(23)24)21-10-18(15)22;1-7(2,3)10-6(9)4-5-8;;/h5-10,14,22H,11-13,15-16H2,1-4H3;2-7,11,19H,8-10,12-13H2,1H3,(H,28,29);2-7,9,16,21H,8,10-11H2,1H3,(H,23,24);4-5,8H2,1-3H3;2*1H/t22-;19-;;;;/m00..../s1. The maximum atomic E-state index is 13.2. The monoisotopic (exact) mass is 1430 g/mol. The van der Waals surface area contributed by atoms with Crippen LogP contribution >= 0.6 is 24.8 Å². The van der Waals surface area contributed by atoms with E-state index in [-0.39, 0.29) is 80.2 Å². The number of hydrogen-bond donors (Lipinski definition) is 4. The van der Waals surface area contributed by atoms with E-state index in [2.05, 4.69) is 82.5 Å². The van der Waals surface area contributed by atoms with Crippen LogP contribution in [0.25, 0.3) is 32.7 Å². The Kier molecular flexibility index (Phi) is 23.8. The van der Waals surface area contributed by atoms with Crippen molar-refractivity contribution in [3.8, 4) is 0 Å². The summed E-state index contributed by atoms with van der Waals surface area (Å²) in [6.07, 6.45) is 7.10. The highest BCUT2D eigenvalue weighted by Crippen LogP contribution is 2.39. The summed E-state index contributed by atoms with van der Waals surface area (Å²) in [4.78, 5) is 116. The molecule has 2 saturated heterocycles. The second kappa shape index (κ2) is 31.9. The van der Waals surface area contributed by atoms with Gasteiger partial charge in [0.15, 0.2) is 0 Å². The van der Waals surface area contributed by atoms with E-state index >= 15 is 0 Å². The zero-order valence-electron chi connectivity index (χ0n) is 58.8. The van der Waals surface area contributed by atoms with Crippen LogP contribution in [0.3, 0.4) is 0 Å². The molecule has 26 heteroatoms. The zero-order chi connectivity index (χ0) is 71.5. The number of benzene rings is 3. The first-order valence-electron chi connectivity index (χ1n) is 33.7. The quantitative estimate of drug-likeness (QED) is 0.0548. The molecule has 2 fully saturated rings.